The van der Waals surface area contributed by atoms with Gasteiger partial charge in [-0.2, -0.15) is 0 Å². The van der Waals surface area contributed by atoms with E-state index < -0.39 is 23.4 Å². The first-order valence-corrected chi connectivity index (χ1v) is 14.0. The van der Waals surface area contributed by atoms with E-state index in [2.05, 4.69) is 0 Å². The fourth-order valence-corrected chi connectivity index (χ4v) is 5.99. The van der Waals surface area contributed by atoms with Crippen LogP contribution in [0.5, 0.6) is 5.75 Å². The van der Waals surface area contributed by atoms with Gasteiger partial charge in [0.05, 0.1) is 31.2 Å². The van der Waals surface area contributed by atoms with Gasteiger partial charge in [-0.15, -0.1) is 0 Å². The van der Waals surface area contributed by atoms with Crippen molar-refractivity contribution in [1.82, 2.24) is 0 Å². The summed E-state index contributed by atoms with van der Waals surface area (Å²) in [6, 6.07) is 22.8. The molecule has 210 valence electrons. The molecule has 4 atom stereocenters. The zero-order valence-electron chi connectivity index (χ0n) is 24.4. The average molecular weight is 541 g/mol. The molecule has 4 rings (SSSR count). The maximum atomic E-state index is 14.2. The van der Waals surface area contributed by atoms with Gasteiger partial charge in [0, 0.05) is 23.5 Å². The molecule has 3 aromatic carbocycles. The Balaban J connectivity index is 1.63. The number of methoxy groups -OCH3 is 1. The Morgan fingerprint density at radius 3 is 2.38 bits per heavy atom. The number of carbonyl (C=O) groups is 3. The predicted octanol–water partition coefficient (Wildman–Crippen LogP) is 6.87. The molecule has 5 nitrogen and oxygen atoms in total. The normalized spacial score (nSPS) is 19.6. The van der Waals surface area contributed by atoms with Gasteiger partial charge in [0.15, 0.2) is 11.6 Å². The van der Waals surface area contributed by atoms with Gasteiger partial charge < -0.3 is 9.47 Å². The molecule has 0 radical (unpaired) electrons. The fourth-order valence-electron chi connectivity index (χ4n) is 5.99. The number of rotatable bonds is 11. The van der Waals surface area contributed by atoms with Crippen molar-refractivity contribution in [3.63, 3.8) is 0 Å². The minimum atomic E-state index is -0.802. The van der Waals surface area contributed by atoms with Gasteiger partial charge in [0.2, 0.25) is 0 Å². The summed E-state index contributed by atoms with van der Waals surface area (Å²) in [6.07, 6.45) is 0.841. The smallest absolute Gasteiger partial charge is 0.169 e. The quantitative estimate of drug-likeness (QED) is 0.248. The van der Waals surface area contributed by atoms with Crippen LogP contribution in [0.25, 0.3) is 0 Å². The van der Waals surface area contributed by atoms with Crippen molar-refractivity contribution >= 4 is 17.3 Å². The number of hydrogen-bond donors (Lipinski definition) is 0. The van der Waals surface area contributed by atoms with Crippen LogP contribution in [0.3, 0.4) is 0 Å². The van der Waals surface area contributed by atoms with Crippen molar-refractivity contribution in [1.29, 1.82) is 0 Å². The maximum Gasteiger partial charge on any atom is 0.169 e. The standard InChI is InChI=1S/C35H40O5/c1-22-12-10-17-29(23(22)2)31(36)20-27(18-25-13-8-7-9-14-25)24(3)33(37)30-21-40-35(4,5)32(30)34(38)26-15-11-16-28(19-26)39-6/h7-17,19,24,27,30,32H,18,20-21H2,1-6H3. The van der Waals surface area contributed by atoms with Crippen LogP contribution in [0.15, 0.2) is 72.8 Å². The predicted molar refractivity (Wildman–Crippen MR) is 157 cm³/mol. The summed E-state index contributed by atoms with van der Waals surface area (Å²) in [4.78, 5) is 41.6. The Bertz CT molecular complexity index is 1370. The first kappa shape index (κ1) is 29.4. The third-order valence-corrected chi connectivity index (χ3v) is 8.64. The minimum absolute atomic E-state index is 0.0264. The molecule has 5 heteroatoms. The monoisotopic (exact) mass is 540 g/mol. The van der Waals surface area contributed by atoms with Crippen LogP contribution < -0.4 is 4.74 Å². The molecule has 4 unspecified atom stereocenters. The molecule has 0 saturated carbocycles. The summed E-state index contributed by atoms with van der Waals surface area (Å²) in [5.74, 6) is -1.43. The average Bonchev–Trinajstić information content (AvgIpc) is 3.27. The summed E-state index contributed by atoms with van der Waals surface area (Å²) >= 11 is 0. The molecular formula is C35H40O5. The Kier molecular flexibility index (Phi) is 9.05. The Labute approximate surface area is 237 Å². The van der Waals surface area contributed by atoms with E-state index in [-0.39, 0.29) is 36.3 Å². The summed E-state index contributed by atoms with van der Waals surface area (Å²) in [6.45, 7) is 9.81. The molecule has 0 spiro atoms. The molecule has 0 amide bonds. The zero-order valence-corrected chi connectivity index (χ0v) is 24.4. The van der Waals surface area contributed by atoms with E-state index in [9.17, 15) is 14.4 Å². The molecule has 0 N–H and O–H groups in total. The van der Waals surface area contributed by atoms with E-state index in [0.717, 1.165) is 16.7 Å². The first-order chi connectivity index (χ1) is 19.0. The Morgan fingerprint density at radius 2 is 1.68 bits per heavy atom. The lowest BCUT2D eigenvalue weighted by Gasteiger charge is -2.30. The highest BCUT2D eigenvalue weighted by molar-refractivity contribution is 6.03. The van der Waals surface area contributed by atoms with Crippen molar-refractivity contribution in [2.75, 3.05) is 13.7 Å². The molecule has 1 aliphatic rings. The second kappa shape index (κ2) is 12.3. The largest absolute Gasteiger partial charge is 0.497 e. The molecule has 40 heavy (non-hydrogen) atoms. The van der Waals surface area contributed by atoms with E-state index in [1.54, 1.807) is 31.4 Å². The van der Waals surface area contributed by atoms with Gasteiger partial charge in [0.1, 0.15) is 11.5 Å². The molecule has 0 bridgehead atoms. The third-order valence-electron chi connectivity index (χ3n) is 8.64. The van der Waals surface area contributed by atoms with Gasteiger partial charge in [-0.1, -0.05) is 67.6 Å². The highest BCUT2D eigenvalue weighted by Gasteiger charge is 2.51. The van der Waals surface area contributed by atoms with E-state index >= 15 is 0 Å². The number of hydrogen-bond acceptors (Lipinski definition) is 5. The molecule has 1 fully saturated rings. The van der Waals surface area contributed by atoms with Crippen LogP contribution in [0.4, 0.5) is 0 Å². The van der Waals surface area contributed by atoms with E-state index in [1.807, 2.05) is 83.1 Å². The SMILES string of the molecule is COc1cccc(C(=O)C2C(C(=O)C(C)C(CC(=O)c3cccc(C)c3C)Cc3ccccc3)COC2(C)C)c1. The first-order valence-electron chi connectivity index (χ1n) is 14.0. The van der Waals surface area contributed by atoms with Gasteiger partial charge in [-0.05, 0) is 68.9 Å². The molecule has 1 heterocycles. The van der Waals surface area contributed by atoms with Crippen molar-refractivity contribution in [3.05, 3.63) is 101 Å². The second-order valence-corrected chi connectivity index (χ2v) is 11.6. The lowest BCUT2D eigenvalue weighted by atomic mass is 9.71. The maximum absolute atomic E-state index is 14.2. The number of carbonyl (C=O) groups excluding carboxylic acids is 3. The minimum Gasteiger partial charge on any atom is -0.497 e. The highest BCUT2D eigenvalue weighted by Crippen LogP contribution is 2.41. The molecule has 0 aliphatic carbocycles. The Hall–Kier alpha value is -3.57. The molecule has 0 aromatic heterocycles. The number of Topliss-reactive ketones (excluding diaryl/α,β-unsaturated/α-hetero) is 3. The molecule has 3 aromatic rings. The van der Waals surface area contributed by atoms with Crippen molar-refractivity contribution < 1.29 is 23.9 Å². The molecular weight excluding hydrogens is 500 g/mol. The lowest BCUT2D eigenvalue weighted by Crippen LogP contribution is -2.41. The summed E-state index contributed by atoms with van der Waals surface area (Å²) < 4.78 is 11.4. The zero-order chi connectivity index (χ0) is 29.0. The van der Waals surface area contributed by atoms with E-state index in [4.69, 9.17) is 9.47 Å². The van der Waals surface area contributed by atoms with Crippen molar-refractivity contribution in [3.8, 4) is 5.75 Å². The topological polar surface area (TPSA) is 69.7 Å². The summed E-state index contributed by atoms with van der Waals surface area (Å²) in [7, 11) is 1.56. The molecule has 1 aliphatic heterocycles. The number of benzene rings is 3. The summed E-state index contributed by atoms with van der Waals surface area (Å²) in [5, 5.41) is 0. The van der Waals surface area contributed by atoms with Gasteiger partial charge in [-0.3, -0.25) is 14.4 Å². The van der Waals surface area contributed by atoms with Crippen LogP contribution in [-0.2, 0) is 16.0 Å². The van der Waals surface area contributed by atoms with Crippen LogP contribution in [0.2, 0.25) is 0 Å². The number of ether oxygens (including phenoxy) is 2. The second-order valence-electron chi connectivity index (χ2n) is 11.6. The Morgan fingerprint density at radius 1 is 0.975 bits per heavy atom. The van der Waals surface area contributed by atoms with Crippen LogP contribution in [0, 0.1) is 37.5 Å². The third kappa shape index (κ3) is 6.26. The lowest BCUT2D eigenvalue weighted by molar-refractivity contribution is -0.128. The van der Waals surface area contributed by atoms with Crippen LogP contribution in [-0.4, -0.2) is 36.7 Å². The van der Waals surface area contributed by atoms with E-state index in [1.165, 1.54) is 0 Å². The van der Waals surface area contributed by atoms with Crippen LogP contribution >= 0.6 is 0 Å². The highest BCUT2D eigenvalue weighted by atomic mass is 16.5. The summed E-state index contributed by atoms with van der Waals surface area (Å²) in [5.41, 5.74) is 3.52. The van der Waals surface area contributed by atoms with E-state index in [0.29, 0.717) is 23.3 Å². The van der Waals surface area contributed by atoms with Crippen molar-refractivity contribution in [2.45, 2.75) is 53.1 Å². The van der Waals surface area contributed by atoms with Gasteiger partial charge >= 0.3 is 0 Å². The van der Waals surface area contributed by atoms with Crippen LogP contribution in [0.1, 0.15) is 64.6 Å². The van der Waals surface area contributed by atoms with Crippen molar-refractivity contribution in [2.24, 2.45) is 23.7 Å². The number of ketones is 3. The number of aryl methyl sites for hydroxylation is 1. The fraction of sp³-hybridized carbons (Fsp3) is 0.400. The van der Waals surface area contributed by atoms with Gasteiger partial charge in [-0.25, -0.2) is 0 Å². The van der Waals surface area contributed by atoms with Gasteiger partial charge in [0.25, 0.3) is 0 Å². The molecule has 1 saturated heterocycles.